The first kappa shape index (κ1) is 23.5. The van der Waals surface area contributed by atoms with Gasteiger partial charge < -0.3 is 19.3 Å². The molecule has 2 aliphatic heterocycles. The quantitative estimate of drug-likeness (QED) is 0.619. The molecule has 8 nitrogen and oxygen atoms in total. The van der Waals surface area contributed by atoms with Crippen LogP contribution in [0.25, 0.3) is 0 Å². The zero-order valence-electron chi connectivity index (χ0n) is 20.5. The highest BCUT2D eigenvalue weighted by molar-refractivity contribution is 6.00. The maximum atomic E-state index is 13.8. The highest BCUT2D eigenvalue weighted by Crippen LogP contribution is 2.70. The number of fused-ring (bicyclic) bond motifs is 2. The van der Waals surface area contributed by atoms with E-state index in [-0.39, 0.29) is 55.2 Å². The van der Waals surface area contributed by atoms with Crippen molar-refractivity contribution in [1.82, 2.24) is 0 Å². The van der Waals surface area contributed by atoms with Crippen LogP contribution in [-0.4, -0.2) is 54.5 Å². The highest BCUT2D eigenvalue weighted by Gasteiger charge is 2.74. The maximum Gasteiger partial charge on any atom is 0.306 e. The van der Waals surface area contributed by atoms with Gasteiger partial charge in [0, 0.05) is 28.6 Å². The zero-order valence-corrected chi connectivity index (χ0v) is 20.5. The molecule has 186 valence electrons. The summed E-state index contributed by atoms with van der Waals surface area (Å²) in [5.41, 5.74) is -2.77. The van der Waals surface area contributed by atoms with Gasteiger partial charge in [0.05, 0.1) is 25.6 Å². The molecule has 5 unspecified atom stereocenters. The first-order valence-corrected chi connectivity index (χ1v) is 12.3. The zero-order chi connectivity index (χ0) is 24.8. The van der Waals surface area contributed by atoms with Crippen LogP contribution in [0.3, 0.4) is 0 Å². The van der Waals surface area contributed by atoms with Crippen LogP contribution in [0.2, 0.25) is 0 Å². The minimum atomic E-state index is -1.05. The van der Waals surface area contributed by atoms with Crippen molar-refractivity contribution < 1.29 is 38.5 Å². The van der Waals surface area contributed by atoms with E-state index in [1.807, 2.05) is 33.8 Å². The number of cyclic esters (lactones) is 1. The lowest BCUT2D eigenvalue weighted by Crippen LogP contribution is -2.73. The number of aliphatic hydroxyl groups is 1. The van der Waals surface area contributed by atoms with E-state index in [0.717, 1.165) is 0 Å². The lowest BCUT2D eigenvalue weighted by Gasteiger charge is -2.69. The predicted molar refractivity (Wildman–Crippen MR) is 118 cm³/mol. The van der Waals surface area contributed by atoms with E-state index in [4.69, 9.17) is 14.2 Å². The SMILES string of the molecule is COC1=CC(C)C2C[C@H]3OC(=O)C[C@@H]4[C@@]3(C)C(C(O)C[C@@]4(C)C(=O)C3COC(=O)C3)[C@@]2(C)C1=O. The number of ketones is 2. The molecule has 5 aliphatic rings. The molecule has 1 N–H and O–H groups in total. The van der Waals surface area contributed by atoms with Crippen molar-refractivity contribution in [3.8, 4) is 0 Å². The molecule has 0 aromatic carbocycles. The van der Waals surface area contributed by atoms with E-state index >= 15 is 0 Å². The number of methoxy groups -OCH3 is 1. The molecule has 8 heteroatoms. The van der Waals surface area contributed by atoms with Gasteiger partial charge in [-0.2, -0.15) is 0 Å². The normalized spacial score (nSPS) is 49.9. The van der Waals surface area contributed by atoms with Gasteiger partial charge in [-0.3, -0.25) is 19.2 Å². The summed E-state index contributed by atoms with van der Waals surface area (Å²) in [5.74, 6) is -2.43. The number of hydrogen-bond donors (Lipinski definition) is 1. The molecule has 0 radical (unpaired) electrons. The molecule has 2 heterocycles. The molecule has 4 fully saturated rings. The van der Waals surface area contributed by atoms with Crippen molar-refractivity contribution in [3.05, 3.63) is 11.8 Å². The van der Waals surface area contributed by atoms with Crippen LogP contribution < -0.4 is 0 Å². The Bertz CT molecular complexity index is 1000. The van der Waals surface area contributed by atoms with Crippen molar-refractivity contribution in [2.24, 2.45) is 45.8 Å². The van der Waals surface area contributed by atoms with Crippen LogP contribution >= 0.6 is 0 Å². The Hall–Kier alpha value is -2.22. The van der Waals surface area contributed by atoms with Gasteiger partial charge in [0.25, 0.3) is 0 Å². The topological polar surface area (TPSA) is 116 Å². The first-order chi connectivity index (χ1) is 15.9. The average molecular weight is 475 g/mol. The second-order valence-corrected chi connectivity index (χ2v) is 11.8. The largest absolute Gasteiger partial charge is 0.493 e. The molecule has 10 atom stereocenters. The lowest BCUT2D eigenvalue weighted by molar-refractivity contribution is -0.268. The monoisotopic (exact) mass is 474 g/mol. The van der Waals surface area contributed by atoms with Crippen molar-refractivity contribution in [1.29, 1.82) is 0 Å². The van der Waals surface area contributed by atoms with Crippen molar-refractivity contribution >= 4 is 23.5 Å². The van der Waals surface area contributed by atoms with Crippen LogP contribution in [0.4, 0.5) is 0 Å². The van der Waals surface area contributed by atoms with Crippen LogP contribution in [0.15, 0.2) is 11.8 Å². The number of allylic oxidation sites excluding steroid dienone is 2. The lowest BCUT2D eigenvalue weighted by atomic mass is 9.36. The van der Waals surface area contributed by atoms with Gasteiger partial charge in [0.2, 0.25) is 5.78 Å². The Morgan fingerprint density at radius 3 is 2.47 bits per heavy atom. The number of Topliss-reactive ketones (excluding diaryl/α,β-unsaturated/α-hetero) is 2. The molecule has 2 saturated carbocycles. The van der Waals surface area contributed by atoms with Crippen molar-refractivity contribution in [3.63, 3.8) is 0 Å². The maximum absolute atomic E-state index is 13.8. The summed E-state index contributed by atoms with van der Waals surface area (Å²) >= 11 is 0. The van der Waals surface area contributed by atoms with Gasteiger partial charge in [0.1, 0.15) is 18.5 Å². The highest BCUT2D eigenvalue weighted by atomic mass is 16.5. The van der Waals surface area contributed by atoms with Crippen LogP contribution in [0.1, 0.15) is 53.4 Å². The summed E-state index contributed by atoms with van der Waals surface area (Å²) in [6.07, 6.45) is 1.01. The Morgan fingerprint density at radius 2 is 1.85 bits per heavy atom. The number of carbonyl (C=O) groups is 4. The van der Waals surface area contributed by atoms with Crippen molar-refractivity contribution in [2.75, 3.05) is 13.7 Å². The summed E-state index contributed by atoms with van der Waals surface area (Å²) in [5, 5.41) is 11.7. The van der Waals surface area contributed by atoms with Gasteiger partial charge in [-0.1, -0.05) is 27.7 Å². The van der Waals surface area contributed by atoms with E-state index in [9.17, 15) is 24.3 Å². The minimum absolute atomic E-state index is 0.00919. The number of rotatable bonds is 3. The van der Waals surface area contributed by atoms with E-state index in [0.29, 0.717) is 12.2 Å². The van der Waals surface area contributed by atoms with Crippen LogP contribution in [0.5, 0.6) is 0 Å². The van der Waals surface area contributed by atoms with Gasteiger partial charge in [0.15, 0.2) is 5.76 Å². The second kappa shape index (κ2) is 7.39. The molecular weight excluding hydrogens is 440 g/mol. The Kier molecular flexibility index (Phi) is 5.11. The molecule has 5 rings (SSSR count). The summed E-state index contributed by atoms with van der Waals surface area (Å²) in [7, 11) is 1.48. The van der Waals surface area contributed by atoms with Gasteiger partial charge in [-0.05, 0) is 36.7 Å². The number of esters is 2. The summed E-state index contributed by atoms with van der Waals surface area (Å²) in [4.78, 5) is 52.2. The van der Waals surface area contributed by atoms with Crippen LogP contribution in [-0.2, 0) is 33.4 Å². The second-order valence-electron chi connectivity index (χ2n) is 11.8. The third-order valence-corrected chi connectivity index (χ3v) is 10.2. The third-order valence-electron chi connectivity index (χ3n) is 10.2. The molecule has 3 aliphatic carbocycles. The fraction of sp³-hybridized carbons (Fsp3) is 0.769. The summed E-state index contributed by atoms with van der Waals surface area (Å²) < 4.78 is 16.4. The fourth-order valence-electron chi connectivity index (χ4n) is 8.78. The molecular formula is C26H34O8. The Labute approximate surface area is 199 Å². The molecule has 34 heavy (non-hydrogen) atoms. The van der Waals surface area contributed by atoms with E-state index in [1.165, 1.54) is 7.11 Å². The van der Waals surface area contributed by atoms with E-state index in [1.54, 1.807) is 0 Å². The van der Waals surface area contributed by atoms with Crippen molar-refractivity contribution in [2.45, 2.75) is 65.6 Å². The average Bonchev–Trinajstić information content (AvgIpc) is 3.20. The van der Waals surface area contributed by atoms with E-state index < -0.39 is 52.2 Å². The number of aliphatic hydroxyl groups excluding tert-OH is 1. The minimum Gasteiger partial charge on any atom is -0.493 e. The molecule has 0 aromatic heterocycles. The van der Waals surface area contributed by atoms with E-state index in [2.05, 4.69) is 0 Å². The molecule has 0 aromatic rings. The van der Waals surface area contributed by atoms with Gasteiger partial charge in [-0.15, -0.1) is 0 Å². The Morgan fingerprint density at radius 1 is 1.15 bits per heavy atom. The first-order valence-electron chi connectivity index (χ1n) is 12.3. The molecule has 0 bridgehead atoms. The molecule has 0 spiro atoms. The number of carbonyl (C=O) groups excluding carboxylic acids is 4. The van der Waals surface area contributed by atoms with Crippen LogP contribution in [0, 0.1) is 45.8 Å². The number of ether oxygens (including phenoxy) is 3. The molecule has 2 saturated heterocycles. The smallest absolute Gasteiger partial charge is 0.306 e. The Balaban J connectivity index is 1.64. The molecule has 0 amide bonds. The summed E-state index contributed by atoms with van der Waals surface area (Å²) in [6.45, 7) is 7.76. The third kappa shape index (κ3) is 2.80. The standard InChI is InChI=1S/C26H34O8/c1-12-6-16(32-5)23(31)25(3)14(12)8-18-26(4)17(9-20(29)34-18)24(2,10-15(27)21(25)26)22(30)13-7-19(28)33-11-13/h6,12-15,17-18,21,27H,7-11H2,1-5H3/t12?,13?,14?,15?,17-,18+,21?,24+,25-,26+/m0/s1. The summed E-state index contributed by atoms with van der Waals surface area (Å²) in [6, 6.07) is 0. The van der Waals surface area contributed by atoms with Gasteiger partial charge >= 0.3 is 11.9 Å². The van der Waals surface area contributed by atoms with Gasteiger partial charge in [-0.25, -0.2) is 0 Å². The predicted octanol–water partition coefficient (Wildman–Crippen LogP) is 2.22. The fourth-order valence-corrected chi connectivity index (χ4v) is 8.78. The number of hydrogen-bond acceptors (Lipinski definition) is 8.